The first kappa shape index (κ1) is 18.2. The third-order valence-electron chi connectivity index (χ3n) is 4.95. The van der Waals surface area contributed by atoms with Crippen LogP contribution in [-0.2, 0) is 6.42 Å². The van der Waals surface area contributed by atoms with E-state index in [1.807, 2.05) is 0 Å². The van der Waals surface area contributed by atoms with Crippen LogP contribution in [0.15, 0.2) is 24.3 Å². The van der Waals surface area contributed by atoms with E-state index in [1.165, 1.54) is 11.1 Å². The number of aliphatic hydroxyl groups is 1. The van der Waals surface area contributed by atoms with E-state index >= 15 is 0 Å². The van der Waals surface area contributed by atoms with Gasteiger partial charge in [0.05, 0.1) is 0 Å². The summed E-state index contributed by atoms with van der Waals surface area (Å²) >= 11 is 0. The highest BCUT2D eigenvalue weighted by atomic mass is 16.3. The van der Waals surface area contributed by atoms with Crippen molar-refractivity contribution in [2.45, 2.75) is 59.9 Å². The molecule has 0 heterocycles. The highest BCUT2D eigenvalue weighted by molar-refractivity contribution is 5.25. The molecule has 0 radical (unpaired) electrons. The summed E-state index contributed by atoms with van der Waals surface area (Å²) in [5.74, 6) is 0.530. The van der Waals surface area contributed by atoms with Crippen LogP contribution in [0, 0.1) is 11.3 Å². The maximum Gasteiger partial charge on any atom is 0.0499 e. The summed E-state index contributed by atoms with van der Waals surface area (Å²) in [5.41, 5.74) is 2.74. The maximum atomic E-state index is 9.73. The van der Waals surface area contributed by atoms with Gasteiger partial charge < -0.3 is 10.4 Å². The van der Waals surface area contributed by atoms with Gasteiger partial charge in [0.2, 0.25) is 0 Å². The molecule has 1 aromatic rings. The van der Waals surface area contributed by atoms with Gasteiger partial charge in [-0.15, -0.1) is 0 Å². The van der Waals surface area contributed by atoms with E-state index < -0.39 is 0 Å². The van der Waals surface area contributed by atoms with Crippen molar-refractivity contribution in [3.8, 4) is 0 Å². The number of hydrogen-bond acceptors (Lipinski definition) is 2. The van der Waals surface area contributed by atoms with Crippen molar-refractivity contribution in [2.24, 2.45) is 11.3 Å². The summed E-state index contributed by atoms with van der Waals surface area (Å²) in [5, 5.41) is 13.4. The Hall–Kier alpha value is -0.860. The van der Waals surface area contributed by atoms with Gasteiger partial charge in [-0.25, -0.2) is 0 Å². The highest BCUT2D eigenvalue weighted by Crippen LogP contribution is 2.28. The molecule has 2 heteroatoms. The SMILES string of the molecule is CCc1ccc(C(NCC(CC)(CC)CO)C(C)C)cc1. The Morgan fingerprint density at radius 3 is 2.00 bits per heavy atom. The summed E-state index contributed by atoms with van der Waals surface area (Å²) in [6.45, 7) is 12.2. The normalized spacial score (nSPS) is 13.7. The molecule has 0 saturated carbocycles. The van der Waals surface area contributed by atoms with Gasteiger partial charge in [0.15, 0.2) is 0 Å². The standard InChI is InChI=1S/C19H33NO/c1-6-16-9-11-17(12-10-16)18(15(4)5)20-13-19(7-2,8-3)14-21/h9-12,15,18,20-21H,6-8,13-14H2,1-5H3. The fraction of sp³-hybridized carbons (Fsp3) is 0.684. The van der Waals surface area contributed by atoms with Crippen LogP contribution in [0.1, 0.15) is 64.6 Å². The van der Waals surface area contributed by atoms with E-state index in [1.54, 1.807) is 0 Å². The van der Waals surface area contributed by atoms with Gasteiger partial charge in [0.25, 0.3) is 0 Å². The zero-order valence-electron chi connectivity index (χ0n) is 14.4. The first-order valence-corrected chi connectivity index (χ1v) is 8.45. The summed E-state index contributed by atoms with van der Waals surface area (Å²) in [6.07, 6.45) is 3.10. The number of benzene rings is 1. The van der Waals surface area contributed by atoms with Crippen molar-refractivity contribution in [3.63, 3.8) is 0 Å². The number of nitrogens with one attached hydrogen (secondary N) is 1. The van der Waals surface area contributed by atoms with E-state index in [9.17, 15) is 5.11 Å². The Labute approximate surface area is 131 Å². The molecule has 0 aliphatic heterocycles. The minimum Gasteiger partial charge on any atom is -0.396 e. The third-order valence-corrected chi connectivity index (χ3v) is 4.95. The molecule has 2 nitrogen and oxygen atoms in total. The zero-order chi connectivity index (χ0) is 15.9. The number of aliphatic hydroxyl groups excluding tert-OH is 1. The van der Waals surface area contributed by atoms with Crippen molar-refractivity contribution >= 4 is 0 Å². The monoisotopic (exact) mass is 291 g/mol. The molecule has 0 spiro atoms. The Kier molecular flexibility index (Phi) is 7.41. The van der Waals surface area contributed by atoms with Crippen LogP contribution in [0.4, 0.5) is 0 Å². The lowest BCUT2D eigenvalue weighted by atomic mass is 9.82. The van der Waals surface area contributed by atoms with Crippen LogP contribution in [-0.4, -0.2) is 18.3 Å². The molecule has 0 fully saturated rings. The summed E-state index contributed by atoms with van der Waals surface area (Å²) in [7, 11) is 0. The smallest absolute Gasteiger partial charge is 0.0499 e. The summed E-state index contributed by atoms with van der Waals surface area (Å²) in [4.78, 5) is 0. The molecule has 0 bridgehead atoms. The van der Waals surface area contributed by atoms with Crippen molar-refractivity contribution in [3.05, 3.63) is 35.4 Å². The van der Waals surface area contributed by atoms with Crippen molar-refractivity contribution in [1.82, 2.24) is 5.32 Å². The molecule has 0 aliphatic rings. The molecule has 0 aromatic heterocycles. The molecule has 0 amide bonds. The average Bonchev–Trinajstić information content (AvgIpc) is 2.52. The third kappa shape index (κ3) is 4.82. The minimum absolute atomic E-state index is 0.0104. The molecule has 1 rings (SSSR count). The van der Waals surface area contributed by atoms with E-state index in [2.05, 4.69) is 64.2 Å². The molecule has 0 aliphatic carbocycles. The fourth-order valence-electron chi connectivity index (χ4n) is 2.81. The predicted molar refractivity (Wildman–Crippen MR) is 91.5 cm³/mol. The first-order chi connectivity index (χ1) is 10.0. The molecule has 120 valence electrons. The topological polar surface area (TPSA) is 32.3 Å². The first-order valence-electron chi connectivity index (χ1n) is 8.45. The number of hydrogen-bond donors (Lipinski definition) is 2. The second-order valence-electron chi connectivity index (χ2n) is 6.56. The fourth-order valence-corrected chi connectivity index (χ4v) is 2.81. The van der Waals surface area contributed by atoms with E-state index in [0.29, 0.717) is 12.0 Å². The Balaban J connectivity index is 2.82. The van der Waals surface area contributed by atoms with Crippen LogP contribution in [0.3, 0.4) is 0 Å². The van der Waals surface area contributed by atoms with Gasteiger partial charge in [0, 0.05) is 24.6 Å². The molecule has 0 saturated heterocycles. The molecule has 1 aromatic carbocycles. The summed E-state index contributed by atoms with van der Waals surface area (Å²) in [6, 6.07) is 9.29. The van der Waals surface area contributed by atoms with Gasteiger partial charge >= 0.3 is 0 Å². The highest BCUT2D eigenvalue weighted by Gasteiger charge is 2.27. The maximum absolute atomic E-state index is 9.73. The van der Waals surface area contributed by atoms with Crippen LogP contribution in [0.5, 0.6) is 0 Å². The van der Waals surface area contributed by atoms with Crippen molar-refractivity contribution in [1.29, 1.82) is 0 Å². The Bertz CT molecular complexity index is 384. The molecular weight excluding hydrogens is 258 g/mol. The number of rotatable bonds is 9. The molecule has 1 unspecified atom stereocenters. The van der Waals surface area contributed by atoms with Gasteiger partial charge in [-0.3, -0.25) is 0 Å². The number of aryl methyl sites for hydroxylation is 1. The van der Waals surface area contributed by atoms with Crippen LogP contribution in [0.2, 0.25) is 0 Å². The summed E-state index contributed by atoms with van der Waals surface area (Å²) < 4.78 is 0. The molecule has 21 heavy (non-hydrogen) atoms. The van der Waals surface area contributed by atoms with Gasteiger partial charge in [-0.2, -0.15) is 0 Å². The lowest BCUT2D eigenvalue weighted by Crippen LogP contribution is -2.39. The van der Waals surface area contributed by atoms with E-state index in [0.717, 1.165) is 25.8 Å². The van der Waals surface area contributed by atoms with Crippen LogP contribution >= 0.6 is 0 Å². The second kappa shape index (κ2) is 8.55. The van der Waals surface area contributed by atoms with Gasteiger partial charge in [-0.05, 0) is 36.3 Å². The molecule has 2 N–H and O–H groups in total. The predicted octanol–water partition coefficient (Wildman–Crippen LogP) is 4.33. The van der Waals surface area contributed by atoms with Crippen LogP contribution in [0.25, 0.3) is 0 Å². The van der Waals surface area contributed by atoms with Gasteiger partial charge in [0.1, 0.15) is 0 Å². The molecular formula is C19H33NO. The largest absolute Gasteiger partial charge is 0.396 e. The van der Waals surface area contributed by atoms with Crippen LogP contribution < -0.4 is 5.32 Å². The quantitative estimate of drug-likeness (QED) is 0.709. The Morgan fingerprint density at radius 1 is 1.05 bits per heavy atom. The van der Waals surface area contributed by atoms with Crippen molar-refractivity contribution in [2.75, 3.05) is 13.2 Å². The average molecular weight is 291 g/mol. The molecule has 1 atom stereocenters. The minimum atomic E-state index is 0.0104. The Morgan fingerprint density at radius 2 is 1.62 bits per heavy atom. The van der Waals surface area contributed by atoms with Gasteiger partial charge in [-0.1, -0.05) is 58.9 Å². The van der Waals surface area contributed by atoms with E-state index in [-0.39, 0.29) is 12.0 Å². The lowest BCUT2D eigenvalue weighted by molar-refractivity contribution is 0.107. The zero-order valence-corrected chi connectivity index (χ0v) is 14.4. The van der Waals surface area contributed by atoms with E-state index in [4.69, 9.17) is 0 Å². The van der Waals surface area contributed by atoms with Crippen molar-refractivity contribution < 1.29 is 5.11 Å². The lowest BCUT2D eigenvalue weighted by Gasteiger charge is -2.33. The second-order valence-corrected chi connectivity index (χ2v) is 6.56.